The SMILES string of the molecule is FC(F)(F)c1cc(Nc2ncnc3c2[nH]c2ccccc23)ccc1Cl. The number of aromatic nitrogens is 3. The lowest BCUT2D eigenvalue weighted by Crippen LogP contribution is -2.06. The molecule has 0 aliphatic rings. The van der Waals surface area contributed by atoms with Crippen LogP contribution >= 0.6 is 11.6 Å². The van der Waals surface area contributed by atoms with E-state index in [0.29, 0.717) is 16.9 Å². The molecule has 4 aromatic rings. The van der Waals surface area contributed by atoms with Gasteiger partial charge >= 0.3 is 6.18 Å². The first-order chi connectivity index (χ1) is 11.9. The fraction of sp³-hybridized carbons (Fsp3) is 0.0588. The first-order valence-corrected chi connectivity index (χ1v) is 7.66. The van der Waals surface area contributed by atoms with Gasteiger partial charge in [0.05, 0.1) is 10.6 Å². The number of aromatic amines is 1. The number of fused-ring (bicyclic) bond motifs is 3. The highest BCUT2D eigenvalue weighted by Crippen LogP contribution is 2.37. The first-order valence-electron chi connectivity index (χ1n) is 7.28. The second kappa shape index (κ2) is 5.63. The summed E-state index contributed by atoms with van der Waals surface area (Å²) in [7, 11) is 0. The zero-order chi connectivity index (χ0) is 17.6. The maximum absolute atomic E-state index is 13.0. The lowest BCUT2D eigenvalue weighted by molar-refractivity contribution is -0.137. The molecule has 0 radical (unpaired) electrons. The summed E-state index contributed by atoms with van der Waals surface area (Å²) in [6.45, 7) is 0. The van der Waals surface area contributed by atoms with Gasteiger partial charge in [-0.05, 0) is 24.3 Å². The zero-order valence-electron chi connectivity index (χ0n) is 12.5. The van der Waals surface area contributed by atoms with Gasteiger partial charge in [-0.3, -0.25) is 0 Å². The maximum Gasteiger partial charge on any atom is 0.417 e. The molecule has 0 aliphatic carbocycles. The van der Waals surface area contributed by atoms with Crippen molar-refractivity contribution in [1.29, 1.82) is 0 Å². The van der Waals surface area contributed by atoms with Gasteiger partial charge in [0.1, 0.15) is 17.4 Å². The van der Waals surface area contributed by atoms with Crippen molar-refractivity contribution in [2.45, 2.75) is 6.18 Å². The summed E-state index contributed by atoms with van der Waals surface area (Å²) in [5, 5.41) is 3.47. The van der Waals surface area contributed by atoms with Gasteiger partial charge in [0.15, 0.2) is 5.82 Å². The lowest BCUT2D eigenvalue weighted by atomic mass is 10.2. The van der Waals surface area contributed by atoms with E-state index in [1.54, 1.807) is 0 Å². The molecule has 0 amide bonds. The standard InChI is InChI=1S/C17H10ClF3N4/c18-12-6-5-9(7-11(12)17(19,20)21)24-16-15-14(22-8-23-16)10-3-1-2-4-13(10)25-15/h1-8,25H,(H,22,23,24). The van der Waals surface area contributed by atoms with Crippen LogP contribution in [0.15, 0.2) is 48.8 Å². The molecule has 4 rings (SSSR count). The van der Waals surface area contributed by atoms with Crippen molar-refractivity contribution in [1.82, 2.24) is 15.0 Å². The van der Waals surface area contributed by atoms with E-state index in [0.717, 1.165) is 17.0 Å². The highest BCUT2D eigenvalue weighted by atomic mass is 35.5. The summed E-state index contributed by atoms with van der Waals surface area (Å²) in [5.74, 6) is 0.386. The third-order valence-corrected chi connectivity index (χ3v) is 4.15. The van der Waals surface area contributed by atoms with Crippen LogP contribution in [-0.2, 0) is 6.18 Å². The van der Waals surface area contributed by atoms with Crippen molar-refractivity contribution in [2.75, 3.05) is 5.32 Å². The number of nitrogens with one attached hydrogen (secondary N) is 2. The minimum absolute atomic E-state index is 0.232. The van der Waals surface area contributed by atoms with Crippen LogP contribution in [0.2, 0.25) is 5.02 Å². The Balaban J connectivity index is 1.81. The second-order valence-electron chi connectivity index (χ2n) is 5.43. The third kappa shape index (κ3) is 2.76. The Bertz CT molecular complexity index is 1090. The molecule has 0 fully saturated rings. The highest BCUT2D eigenvalue weighted by molar-refractivity contribution is 6.31. The number of para-hydroxylation sites is 1. The molecule has 25 heavy (non-hydrogen) atoms. The quantitative estimate of drug-likeness (QED) is 0.493. The molecule has 2 heterocycles. The van der Waals surface area contributed by atoms with Gasteiger partial charge in [0.2, 0.25) is 0 Å². The van der Waals surface area contributed by atoms with E-state index in [1.807, 2.05) is 24.3 Å². The van der Waals surface area contributed by atoms with Gasteiger partial charge in [-0.1, -0.05) is 29.8 Å². The average molecular weight is 363 g/mol. The van der Waals surface area contributed by atoms with E-state index in [-0.39, 0.29) is 10.7 Å². The Morgan fingerprint density at radius 1 is 1.04 bits per heavy atom. The van der Waals surface area contributed by atoms with Crippen molar-refractivity contribution in [2.24, 2.45) is 0 Å². The molecule has 0 aliphatic heterocycles. The number of hydrogen-bond donors (Lipinski definition) is 2. The van der Waals surface area contributed by atoms with Crippen LogP contribution in [0.25, 0.3) is 21.9 Å². The van der Waals surface area contributed by atoms with Gasteiger partial charge in [-0.15, -0.1) is 0 Å². The van der Waals surface area contributed by atoms with Crippen LogP contribution in [0.3, 0.4) is 0 Å². The molecule has 0 saturated heterocycles. The minimum atomic E-state index is -4.53. The lowest BCUT2D eigenvalue weighted by Gasteiger charge is -2.12. The van der Waals surface area contributed by atoms with Crippen LogP contribution in [0, 0.1) is 0 Å². The fourth-order valence-corrected chi connectivity index (χ4v) is 2.92. The van der Waals surface area contributed by atoms with Crippen molar-refractivity contribution in [3.05, 3.63) is 59.4 Å². The average Bonchev–Trinajstić information content (AvgIpc) is 2.95. The molecular formula is C17H10ClF3N4. The predicted octanol–water partition coefficient (Wildman–Crippen LogP) is 5.53. The number of H-pyrrole nitrogens is 1. The number of hydrogen-bond acceptors (Lipinski definition) is 3. The Labute approximate surface area is 144 Å². The molecule has 2 N–H and O–H groups in total. The summed E-state index contributed by atoms with van der Waals surface area (Å²) < 4.78 is 39.0. The number of nitrogens with zero attached hydrogens (tertiary/aromatic N) is 2. The van der Waals surface area contributed by atoms with Crippen LogP contribution in [-0.4, -0.2) is 15.0 Å². The molecule has 0 atom stereocenters. The molecule has 4 nitrogen and oxygen atoms in total. The van der Waals surface area contributed by atoms with E-state index in [9.17, 15) is 13.2 Å². The van der Waals surface area contributed by atoms with Crippen LogP contribution < -0.4 is 5.32 Å². The largest absolute Gasteiger partial charge is 0.417 e. The number of benzene rings is 2. The van der Waals surface area contributed by atoms with Crippen molar-refractivity contribution in [3.63, 3.8) is 0 Å². The number of halogens is 4. The third-order valence-electron chi connectivity index (χ3n) is 3.82. The second-order valence-corrected chi connectivity index (χ2v) is 5.84. The summed E-state index contributed by atoms with van der Waals surface area (Å²) in [5.41, 5.74) is 1.51. The number of rotatable bonds is 2. The fourth-order valence-electron chi connectivity index (χ4n) is 2.69. The van der Waals surface area contributed by atoms with E-state index in [4.69, 9.17) is 11.6 Å². The molecule has 8 heteroatoms. The van der Waals surface area contributed by atoms with Crippen molar-refractivity contribution in [3.8, 4) is 0 Å². The van der Waals surface area contributed by atoms with Crippen LogP contribution in [0.5, 0.6) is 0 Å². The summed E-state index contributed by atoms with van der Waals surface area (Å²) in [6.07, 6.45) is -3.16. The first kappa shape index (κ1) is 15.7. The number of anilines is 2. The summed E-state index contributed by atoms with van der Waals surface area (Å²) >= 11 is 5.65. The Morgan fingerprint density at radius 2 is 1.84 bits per heavy atom. The molecule has 126 valence electrons. The number of alkyl halides is 3. The van der Waals surface area contributed by atoms with Gasteiger partial charge in [-0.2, -0.15) is 13.2 Å². The van der Waals surface area contributed by atoms with Crippen LogP contribution in [0.1, 0.15) is 5.56 Å². The van der Waals surface area contributed by atoms with Gasteiger partial charge in [0.25, 0.3) is 0 Å². The Morgan fingerprint density at radius 3 is 2.64 bits per heavy atom. The van der Waals surface area contributed by atoms with Gasteiger partial charge in [-0.25, -0.2) is 9.97 Å². The Hall–Kier alpha value is -2.80. The van der Waals surface area contributed by atoms with Crippen molar-refractivity contribution >= 4 is 45.0 Å². The summed E-state index contributed by atoms with van der Waals surface area (Å²) in [4.78, 5) is 11.6. The van der Waals surface area contributed by atoms with E-state index in [2.05, 4.69) is 20.3 Å². The molecule has 0 saturated carbocycles. The predicted molar refractivity (Wildman–Crippen MR) is 91.1 cm³/mol. The van der Waals surface area contributed by atoms with E-state index < -0.39 is 11.7 Å². The van der Waals surface area contributed by atoms with Gasteiger partial charge < -0.3 is 10.3 Å². The van der Waals surface area contributed by atoms with E-state index in [1.165, 1.54) is 18.5 Å². The summed E-state index contributed by atoms with van der Waals surface area (Å²) in [6, 6.07) is 11.2. The molecule has 2 aromatic carbocycles. The van der Waals surface area contributed by atoms with Crippen LogP contribution in [0.4, 0.5) is 24.7 Å². The molecule has 0 unspecified atom stereocenters. The highest BCUT2D eigenvalue weighted by Gasteiger charge is 2.33. The normalized spacial score (nSPS) is 12.0. The molecule has 0 spiro atoms. The zero-order valence-corrected chi connectivity index (χ0v) is 13.3. The van der Waals surface area contributed by atoms with Gasteiger partial charge in [0, 0.05) is 16.6 Å². The Kier molecular flexibility index (Phi) is 3.54. The molecule has 2 aromatic heterocycles. The monoisotopic (exact) mass is 362 g/mol. The molecule has 0 bridgehead atoms. The topological polar surface area (TPSA) is 53.6 Å². The minimum Gasteiger partial charge on any atom is -0.350 e. The molecular weight excluding hydrogens is 353 g/mol. The maximum atomic E-state index is 13.0. The van der Waals surface area contributed by atoms with E-state index >= 15 is 0 Å². The van der Waals surface area contributed by atoms with Crippen molar-refractivity contribution < 1.29 is 13.2 Å². The smallest absolute Gasteiger partial charge is 0.350 e.